The second-order valence-corrected chi connectivity index (χ2v) is 2.53. The van der Waals surface area contributed by atoms with E-state index >= 15 is 0 Å². The van der Waals surface area contributed by atoms with Gasteiger partial charge in [-0.3, -0.25) is 0 Å². The maximum absolute atomic E-state index is 12.8. The first-order valence-electron chi connectivity index (χ1n) is 2.97. The Kier molecular flexibility index (Phi) is 2.24. The number of nitrogens with two attached hydrogens (primary N) is 1. The highest BCUT2D eigenvalue weighted by Gasteiger charge is 2.04. The minimum atomic E-state index is -0.470. The summed E-state index contributed by atoms with van der Waals surface area (Å²) >= 11 is 4.00. The number of hydrogen-bond acceptors (Lipinski definition) is 3. The fraction of sp³-hybridized carbons (Fsp3) is 0.143. The highest BCUT2D eigenvalue weighted by molar-refractivity contribution is 7.80. The number of thiol groups is 1. The van der Waals surface area contributed by atoms with Gasteiger partial charge in [-0.2, -0.15) is 0 Å². The molecule has 0 bridgehead atoms. The summed E-state index contributed by atoms with van der Waals surface area (Å²) in [6, 6.07) is 2.62. The Morgan fingerprint density at radius 1 is 1.55 bits per heavy atom. The van der Waals surface area contributed by atoms with Gasteiger partial charge in [-0.25, -0.2) is 4.39 Å². The standard InChI is InChI=1S/C7H8FNOS/c1-10-6-3-7(11)5(9)2-4(6)8/h2-3,11H,9H2,1H3. The first-order chi connectivity index (χ1) is 5.15. The van der Waals surface area contributed by atoms with Crippen LogP contribution in [-0.2, 0) is 0 Å². The first-order valence-corrected chi connectivity index (χ1v) is 3.42. The van der Waals surface area contributed by atoms with Crippen molar-refractivity contribution in [2.45, 2.75) is 4.90 Å². The van der Waals surface area contributed by atoms with E-state index in [2.05, 4.69) is 12.6 Å². The lowest BCUT2D eigenvalue weighted by molar-refractivity contribution is 0.385. The molecule has 0 saturated heterocycles. The average molecular weight is 173 g/mol. The third-order valence-corrected chi connectivity index (χ3v) is 1.69. The van der Waals surface area contributed by atoms with Gasteiger partial charge in [0.25, 0.3) is 0 Å². The van der Waals surface area contributed by atoms with Gasteiger partial charge in [0.15, 0.2) is 11.6 Å². The number of hydrogen-bond donors (Lipinski definition) is 2. The smallest absolute Gasteiger partial charge is 0.167 e. The van der Waals surface area contributed by atoms with Gasteiger partial charge in [-0.1, -0.05) is 0 Å². The molecule has 1 aromatic carbocycles. The SMILES string of the molecule is COc1cc(S)c(N)cc1F. The molecule has 0 aliphatic carbocycles. The summed E-state index contributed by atoms with van der Waals surface area (Å²) < 4.78 is 17.5. The summed E-state index contributed by atoms with van der Waals surface area (Å²) in [4.78, 5) is 0.517. The molecular weight excluding hydrogens is 165 g/mol. The van der Waals surface area contributed by atoms with Crippen LogP contribution in [0.25, 0.3) is 0 Å². The Morgan fingerprint density at radius 3 is 2.73 bits per heavy atom. The summed E-state index contributed by atoms with van der Waals surface area (Å²) in [7, 11) is 1.39. The molecule has 4 heteroatoms. The number of benzene rings is 1. The lowest BCUT2D eigenvalue weighted by Gasteiger charge is -2.04. The molecule has 0 amide bonds. The predicted molar refractivity (Wildman–Crippen MR) is 44.6 cm³/mol. The molecule has 0 saturated carbocycles. The van der Waals surface area contributed by atoms with Crippen LogP contribution in [0.1, 0.15) is 0 Å². The van der Waals surface area contributed by atoms with Crippen molar-refractivity contribution in [1.82, 2.24) is 0 Å². The lowest BCUT2D eigenvalue weighted by Crippen LogP contribution is -1.92. The predicted octanol–water partition coefficient (Wildman–Crippen LogP) is 1.71. The monoisotopic (exact) mass is 173 g/mol. The molecule has 2 nitrogen and oxygen atoms in total. The minimum Gasteiger partial charge on any atom is -0.494 e. The zero-order chi connectivity index (χ0) is 8.43. The van der Waals surface area contributed by atoms with Crippen LogP contribution in [0.3, 0.4) is 0 Å². The van der Waals surface area contributed by atoms with E-state index in [1.807, 2.05) is 0 Å². The highest BCUT2D eigenvalue weighted by Crippen LogP contribution is 2.25. The molecule has 0 aliphatic heterocycles. The largest absolute Gasteiger partial charge is 0.494 e. The Labute approximate surface area is 69.6 Å². The summed E-state index contributed by atoms with van der Waals surface area (Å²) in [5, 5.41) is 0. The van der Waals surface area contributed by atoms with E-state index < -0.39 is 5.82 Å². The van der Waals surface area contributed by atoms with Crippen molar-refractivity contribution in [3.05, 3.63) is 17.9 Å². The summed E-state index contributed by atoms with van der Waals surface area (Å²) in [5.74, 6) is -0.313. The molecule has 11 heavy (non-hydrogen) atoms. The number of ether oxygens (including phenoxy) is 1. The zero-order valence-corrected chi connectivity index (χ0v) is 6.86. The van der Waals surface area contributed by atoms with Crippen LogP contribution in [0.2, 0.25) is 0 Å². The molecule has 0 unspecified atom stereocenters. The van der Waals surface area contributed by atoms with Crippen molar-refractivity contribution < 1.29 is 9.13 Å². The zero-order valence-electron chi connectivity index (χ0n) is 5.97. The van der Waals surface area contributed by atoms with Crippen LogP contribution in [0.4, 0.5) is 10.1 Å². The molecule has 0 aliphatic rings. The third kappa shape index (κ3) is 1.57. The van der Waals surface area contributed by atoms with Crippen LogP contribution in [0.15, 0.2) is 17.0 Å². The quantitative estimate of drug-likeness (QED) is 0.501. The maximum atomic E-state index is 12.8. The van der Waals surface area contributed by atoms with Gasteiger partial charge in [0.05, 0.1) is 7.11 Å². The van der Waals surface area contributed by atoms with Crippen LogP contribution >= 0.6 is 12.6 Å². The van der Waals surface area contributed by atoms with Crippen molar-refractivity contribution in [1.29, 1.82) is 0 Å². The van der Waals surface area contributed by atoms with Crippen LogP contribution in [0.5, 0.6) is 5.75 Å². The third-order valence-electron chi connectivity index (χ3n) is 1.30. The van der Waals surface area contributed by atoms with Gasteiger partial charge < -0.3 is 10.5 Å². The lowest BCUT2D eigenvalue weighted by atomic mass is 10.3. The molecule has 0 fully saturated rings. The van der Waals surface area contributed by atoms with Crippen molar-refractivity contribution in [2.75, 3.05) is 12.8 Å². The van der Waals surface area contributed by atoms with Gasteiger partial charge in [-0.05, 0) is 6.07 Å². The van der Waals surface area contributed by atoms with Crippen molar-refractivity contribution >= 4 is 18.3 Å². The maximum Gasteiger partial charge on any atom is 0.167 e. The second kappa shape index (κ2) is 3.00. The van der Waals surface area contributed by atoms with E-state index in [1.165, 1.54) is 19.2 Å². The fourth-order valence-corrected chi connectivity index (χ4v) is 0.896. The number of nitrogen functional groups attached to an aromatic ring is 1. The van der Waals surface area contributed by atoms with E-state index in [0.29, 0.717) is 10.6 Å². The summed E-state index contributed by atoms with van der Waals surface area (Å²) in [5.41, 5.74) is 5.68. The molecule has 0 aromatic heterocycles. The average Bonchev–Trinajstić information content (AvgIpc) is 1.97. The number of anilines is 1. The van der Waals surface area contributed by atoms with Gasteiger partial charge in [-0.15, -0.1) is 12.6 Å². The van der Waals surface area contributed by atoms with Crippen LogP contribution in [-0.4, -0.2) is 7.11 Å². The Hall–Kier alpha value is -0.900. The Bertz CT molecular complexity index is 277. The second-order valence-electron chi connectivity index (χ2n) is 2.05. The van der Waals surface area contributed by atoms with E-state index in [4.69, 9.17) is 10.5 Å². The van der Waals surface area contributed by atoms with E-state index in [1.54, 1.807) is 0 Å². The van der Waals surface area contributed by atoms with E-state index in [-0.39, 0.29) is 5.75 Å². The Balaban J connectivity index is 3.21. The van der Waals surface area contributed by atoms with Crippen molar-refractivity contribution in [2.24, 2.45) is 0 Å². The molecular formula is C7H8FNOS. The molecule has 0 atom stereocenters. The van der Waals surface area contributed by atoms with Gasteiger partial charge in [0, 0.05) is 16.6 Å². The van der Waals surface area contributed by atoms with Gasteiger partial charge >= 0.3 is 0 Å². The number of rotatable bonds is 1. The number of methoxy groups -OCH3 is 1. The van der Waals surface area contributed by atoms with Crippen molar-refractivity contribution in [3.8, 4) is 5.75 Å². The summed E-state index contributed by atoms with van der Waals surface area (Å²) in [6.45, 7) is 0. The van der Waals surface area contributed by atoms with Crippen molar-refractivity contribution in [3.63, 3.8) is 0 Å². The Morgan fingerprint density at radius 2 is 2.18 bits per heavy atom. The van der Waals surface area contributed by atoms with Crippen LogP contribution < -0.4 is 10.5 Å². The highest BCUT2D eigenvalue weighted by atomic mass is 32.1. The molecule has 0 radical (unpaired) electrons. The molecule has 0 heterocycles. The fourth-order valence-electron chi connectivity index (χ4n) is 0.714. The first kappa shape index (κ1) is 8.20. The number of halogens is 1. The normalized spacial score (nSPS) is 9.73. The van der Waals surface area contributed by atoms with E-state index in [9.17, 15) is 4.39 Å². The topological polar surface area (TPSA) is 35.2 Å². The molecule has 60 valence electrons. The van der Waals surface area contributed by atoms with Crippen LogP contribution in [0, 0.1) is 5.82 Å². The van der Waals surface area contributed by atoms with Gasteiger partial charge in [0.1, 0.15) is 0 Å². The van der Waals surface area contributed by atoms with E-state index in [0.717, 1.165) is 0 Å². The molecule has 0 spiro atoms. The summed E-state index contributed by atoms with van der Waals surface area (Å²) in [6.07, 6.45) is 0. The van der Waals surface area contributed by atoms with Gasteiger partial charge in [0.2, 0.25) is 0 Å². The molecule has 2 N–H and O–H groups in total. The molecule has 1 rings (SSSR count). The molecule has 1 aromatic rings. The minimum absolute atomic E-state index is 0.157.